The number of benzene rings is 2. The van der Waals surface area contributed by atoms with E-state index in [-0.39, 0.29) is 22.6 Å². The first-order valence-corrected chi connectivity index (χ1v) is 10.2. The van der Waals surface area contributed by atoms with Crippen molar-refractivity contribution in [2.24, 2.45) is 5.92 Å². The summed E-state index contributed by atoms with van der Waals surface area (Å²) in [4.78, 5) is 12.3. The number of nitrogens with one attached hydrogen (secondary N) is 2. The normalized spacial score (nSPS) is 16.7. The van der Waals surface area contributed by atoms with E-state index in [0.717, 1.165) is 11.1 Å². The van der Waals surface area contributed by atoms with Crippen LogP contribution in [0.3, 0.4) is 0 Å². The van der Waals surface area contributed by atoms with Crippen LogP contribution in [0.1, 0.15) is 50.7 Å². The summed E-state index contributed by atoms with van der Waals surface area (Å²) in [6, 6.07) is 12.1. The molecule has 0 aliphatic carbocycles. The van der Waals surface area contributed by atoms with Crippen molar-refractivity contribution < 1.29 is 13.2 Å². The Morgan fingerprint density at radius 1 is 1.00 bits per heavy atom. The van der Waals surface area contributed by atoms with Gasteiger partial charge in [0.15, 0.2) is 0 Å². The Bertz CT molecular complexity index is 932. The molecule has 1 amide bonds. The molecule has 138 valence electrons. The fourth-order valence-electron chi connectivity index (χ4n) is 3.24. The van der Waals surface area contributed by atoms with Crippen LogP contribution < -0.4 is 10.0 Å². The lowest BCUT2D eigenvalue weighted by atomic mass is 9.90. The van der Waals surface area contributed by atoms with Crippen molar-refractivity contribution in [1.29, 1.82) is 0 Å². The van der Waals surface area contributed by atoms with E-state index in [4.69, 9.17) is 0 Å². The van der Waals surface area contributed by atoms with Crippen molar-refractivity contribution in [2.75, 3.05) is 10.0 Å². The van der Waals surface area contributed by atoms with Crippen molar-refractivity contribution in [3.63, 3.8) is 0 Å². The molecule has 0 saturated carbocycles. The highest BCUT2D eigenvalue weighted by molar-refractivity contribution is 7.92. The van der Waals surface area contributed by atoms with Crippen LogP contribution in [0, 0.1) is 5.92 Å². The Balaban J connectivity index is 1.90. The summed E-state index contributed by atoms with van der Waals surface area (Å²) in [5.74, 6) is 0.0633. The topological polar surface area (TPSA) is 75.3 Å². The first kappa shape index (κ1) is 18.5. The second-order valence-electron chi connectivity index (χ2n) is 7.34. The Morgan fingerprint density at radius 2 is 1.65 bits per heavy atom. The second kappa shape index (κ2) is 6.76. The lowest BCUT2D eigenvalue weighted by Crippen LogP contribution is -2.17. The first-order valence-electron chi connectivity index (χ1n) is 8.76. The molecule has 1 atom stereocenters. The maximum absolute atomic E-state index is 12.8. The van der Waals surface area contributed by atoms with Gasteiger partial charge in [0.1, 0.15) is 0 Å². The summed E-state index contributed by atoms with van der Waals surface area (Å²) in [6.45, 7) is 8.08. The number of rotatable bonds is 5. The van der Waals surface area contributed by atoms with E-state index in [0.29, 0.717) is 17.3 Å². The predicted octanol–water partition coefficient (Wildman–Crippen LogP) is 4.30. The van der Waals surface area contributed by atoms with E-state index in [1.54, 1.807) is 24.3 Å². The Labute approximate surface area is 154 Å². The molecule has 0 unspecified atom stereocenters. The molecular weight excluding hydrogens is 348 g/mol. The van der Waals surface area contributed by atoms with Crippen LogP contribution in [0.25, 0.3) is 0 Å². The molecule has 2 aromatic rings. The molecule has 0 fully saturated rings. The lowest BCUT2D eigenvalue weighted by Gasteiger charge is -2.14. The standard InChI is InChI=1S/C20H24N2O3S/c1-12(2)14-5-7-15(8-6-14)22-26(24,25)16-9-10-18-17(11-16)19(13(3)4)20(23)21-18/h5-13,19,22H,1-4H3,(H,21,23)/t19-/m0/s1. The third-order valence-electron chi connectivity index (χ3n) is 4.70. The molecule has 2 aromatic carbocycles. The van der Waals surface area contributed by atoms with Crippen LogP contribution >= 0.6 is 0 Å². The third-order valence-corrected chi connectivity index (χ3v) is 6.08. The molecule has 0 bridgehead atoms. The summed E-state index contributed by atoms with van der Waals surface area (Å²) in [5, 5.41) is 2.82. The minimum absolute atomic E-state index is 0.0817. The zero-order valence-corrected chi connectivity index (χ0v) is 16.2. The van der Waals surface area contributed by atoms with Gasteiger partial charge >= 0.3 is 0 Å². The number of hydrogen-bond donors (Lipinski definition) is 2. The van der Waals surface area contributed by atoms with E-state index in [2.05, 4.69) is 23.9 Å². The molecule has 3 rings (SSSR count). The Kier molecular flexibility index (Phi) is 4.80. The highest BCUT2D eigenvalue weighted by Gasteiger charge is 2.34. The Morgan fingerprint density at radius 3 is 2.23 bits per heavy atom. The number of carbonyl (C=O) groups excluding carboxylic acids is 1. The highest BCUT2D eigenvalue weighted by atomic mass is 32.2. The summed E-state index contributed by atoms with van der Waals surface area (Å²) in [6.07, 6.45) is 0. The van der Waals surface area contributed by atoms with Gasteiger partial charge in [-0.2, -0.15) is 0 Å². The fraction of sp³-hybridized carbons (Fsp3) is 0.350. The van der Waals surface area contributed by atoms with Crippen molar-refractivity contribution in [1.82, 2.24) is 0 Å². The number of amides is 1. The molecule has 1 aliphatic heterocycles. The van der Waals surface area contributed by atoms with Crippen molar-refractivity contribution in [3.05, 3.63) is 53.6 Å². The van der Waals surface area contributed by atoms with Gasteiger partial charge in [-0.3, -0.25) is 9.52 Å². The minimum atomic E-state index is -3.72. The molecule has 0 aromatic heterocycles. The van der Waals surface area contributed by atoms with E-state index < -0.39 is 10.0 Å². The summed E-state index contributed by atoms with van der Waals surface area (Å²) >= 11 is 0. The van der Waals surface area contributed by atoms with E-state index >= 15 is 0 Å². The van der Waals surface area contributed by atoms with Crippen LogP contribution in [-0.4, -0.2) is 14.3 Å². The zero-order chi connectivity index (χ0) is 19.1. The number of fused-ring (bicyclic) bond motifs is 1. The molecule has 6 heteroatoms. The van der Waals surface area contributed by atoms with Gasteiger partial charge in [0.2, 0.25) is 5.91 Å². The molecule has 26 heavy (non-hydrogen) atoms. The number of hydrogen-bond acceptors (Lipinski definition) is 3. The largest absolute Gasteiger partial charge is 0.325 e. The van der Waals surface area contributed by atoms with Crippen LogP contribution in [0.15, 0.2) is 47.4 Å². The van der Waals surface area contributed by atoms with Crippen molar-refractivity contribution in [2.45, 2.75) is 44.4 Å². The summed E-state index contributed by atoms with van der Waals surface area (Å²) in [7, 11) is -3.72. The maximum atomic E-state index is 12.8. The zero-order valence-electron chi connectivity index (χ0n) is 15.4. The quantitative estimate of drug-likeness (QED) is 0.821. The van der Waals surface area contributed by atoms with Gasteiger partial charge in [-0.25, -0.2) is 8.42 Å². The van der Waals surface area contributed by atoms with Gasteiger partial charge < -0.3 is 5.32 Å². The van der Waals surface area contributed by atoms with Gasteiger partial charge in [0, 0.05) is 11.4 Å². The average molecular weight is 372 g/mol. The smallest absolute Gasteiger partial charge is 0.261 e. The van der Waals surface area contributed by atoms with E-state index in [1.165, 1.54) is 6.07 Å². The number of sulfonamides is 1. The molecule has 1 aliphatic rings. The van der Waals surface area contributed by atoms with Gasteiger partial charge in [-0.05, 0) is 53.3 Å². The molecule has 0 radical (unpaired) electrons. The van der Waals surface area contributed by atoms with E-state index in [9.17, 15) is 13.2 Å². The van der Waals surface area contributed by atoms with Gasteiger partial charge in [0.25, 0.3) is 10.0 Å². The van der Waals surface area contributed by atoms with Crippen LogP contribution in [0.2, 0.25) is 0 Å². The Hall–Kier alpha value is -2.34. The molecular formula is C20H24N2O3S. The van der Waals surface area contributed by atoms with Gasteiger partial charge in [-0.15, -0.1) is 0 Å². The van der Waals surface area contributed by atoms with Crippen molar-refractivity contribution >= 4 is 27.3 Å². The molecule has 5 nitrogen and oxygen atoms in total. The van der Waals surface area contributed by atoms with Crippen molar-refractivity contribution in [3.8, 4) is 0 Å². The monoisotopic (exact) mass is 372 g/mol. The second-order valence-corrected chi connectivity index (χ2v) is 9.02. The molecule has 0 saturated heterocycles. The van der Waals surface area contributed by atoms with Crippen LogP contribution in [0.4, 0.5) is 11.4 Å². The van der Waals surface area contributed by atoms with Gasteiger partial charge in [0.05, 0.1) is 10.8 Å². The van der Waals surface area contributed by atoms with Gasteiger partial charge in [-0.1, -0.05) is 39.8 Å². The van der Waals surface area contributed by atoms with Crippen LogP contribution in [0.5, 0.6) is 0 Å². The average Bonchev–Trinajstić information content (AvgIpc) is 2.89. The number of anilines is 2. The first-order chi connectivity index (χ1) is 12.2. The maximum Gasteiger partial charge on any atom is 0.261 e. The highest BCUT2D eigenvalue weighted by Crippen LogP contribution is 2.38. The lowest BCUT2D eigenvalue weighted by molar-refractivity contribution is -0.117. The van der Waals surface area contributed by atoms with Crippen LogP contribution in [-0.2, 0) is 14.8 Å². The SMILES string of the molecule is CC(C)c1ccc(NS(=O)(=O)c2ccc3c(c2)[C@H](C(C)C)C(=O)N3)cc1. The number of carbonyl (C=O) groups is 1. The fourth-order valence-corrected chi connectivity index (χ4v) is 4.34. The minimum Gasteiger partial charge on any atom is -0.325 e. The summed E-state index contributed by atoms with van der Waals surface area (Å²) in [5.41, 5.74) is 3.09. The molecule has 2 N–H and O–H groups in total. The molecule has 0 spiro atoms. The third kappa shape index (κ3) is 3.46. The van der Waals surface area contributed by atoms with E-state index in [1.807, 2.05) is 26.0 Å². The predicted molar refractivity (Wildman–Crippen MR) is 104 cm³/mol. The summed E-state index contributed by atoms with van der Waals surface area (Å²) < 4.78 is 28.1. The molecule has 1 heterocycles.